The van der Waals surface area contributed by atoms with E-state index in [9.17, 15) is 9.59 Å². The van der Waals surface area contributed by atoms with E-state index in [0.717, 1.165) is 19.4 Å². The SMILES string of the molecule is CC(=O)OC[C@H]1CC[C@H](COC(C)=O)N1Cc1ccc(C)cc1. The first-order valence-corrected chi connectivity index (χ1v) is 8.03. The molecule has 0 radical (unpaired) electrons. The van der Waals surface area contributed by atoms with Gasteiger partial charge in [0.15, 0.2) is 0 Å². The summed E-state index contributed by atoms with van der Waals surface area (Å²) >= 11 is 0. The molecule has 1 heterocycles. The summed E-state index contributed by atoms with van der Waals surface area (Å²) in [6, 6.07) is 8.74. The van der Waals surface area contributed by atoms with Crippen molar-refractivity contribution in [1.82, 2.24) is 4.90 Å². The van der Waals surface area contributed by atoms with E-state index in [-0.39, 0.29) is 24.0 Å². The molecule has 1 aromatic rings. The Hall–Kier alpha value is -1.88. The van der Waals surface area contributed by atoms with Gasteiger partial charge in [-0.2, -0.15) is 0 Å². The van der Waals surface area contributed by atoms with Gasteiger partial charge in [-0.15, -0.1) is 0 Å². The molecule has 126 valence electrons. The number of ether oxygens (including phenoxy) is 2. The Morgan fingerprint density at radius 3 is 1.91 bits per heavy atom. The lowest BCUT2D eigenvalue weighted by Gasteiger charge is -2.29. The van der Waals surface area contributed by atoms with Gasteiger partial charge < -0.3 is 9.47 Å². The number of likely N-dealkylation sites (tertiary alicyclic amines) is 1. The summed E-state index contributed by atoms with van der Waals surface area (Å²) in [5, 5.41) is 0. The Labute approximate surface area is 137 Å². The van der Waals surface area contributed by atoms with Crippen LogP contribution in [-0.4, -0.2) is 42.1 Å². The highest BCUT2D eigenvalue weighted by molar-refractivity contribution is 5.66. The van der Waals surface area contributed by atoms with Crippen molar-refractivity contribution < 1.29 is 19.1 Å². The number of esters is 2. The van der Waals surface area contributed by atoms with Crippen LogP contribution in [0.3, 0.4) is 0 Å². The Morgan fingerprint density at radius 2 is 1.48 bits per heavy atom. The molecule has 0 N–H and O–H groups in total. The molecular formula is C18H25NO4. The molecule has 1 aliphatic rings. The molecule has 1 aliphatic heterocycles. The molecule has 5 heteroatoms. The summed E-state index contributed by atoms with van der Waals surface area (Å²) in [6.45, 7) is 6.45. The van der Waals surface area contributed by atoms with E-state index in [4.69, 9.17) is 9.47 Å². The summed E-state index contributed by atoms with van der Waals surface area (Å²) in [6.07, 6.45) is 1.87. The lowest BCUT2D eigenvalue weighted by Crippen LogP contribution is -2.40. The molecule has 0 aromatic heterocycles. The van der Waals surface area contributed by atoms with Gasteiger partial charge in [-0.25, -0.2) is 0 Å². The van der Waals surface area contributed by atoms with Gasteiger partial charge in [0.2, 0.25) is 0 Å². The van der Waals surface area contributed by atoms with E-state index in [2.05, 4.69) is 36.1 Å². The first-order chi connectivity index (χ1) is 11.0. The van der Waals surface area contributed by atoms with Crippen LogP contribution in [0.4, 0.5) is 0 Å². The maximum atomic E-state index is 11.1. The van der Waals surface area contributed by atoms with Crippen molar-refractivity contribution in [2.24, 2.45) is 0 Å². The third-order valence-electron chi connectivity index (χ3n) is 4.21. The van der Waals surface area contributed by atoms with Crippen molar-refractivity contribution >= 4 is 11.9 Å². The average Bonchev–Trinajstić information content (AvgIpc) is 2.87. The van der Waals surface area contributed by atoms with Crippen molar-refractivity contribution in [1.29, 1.82) is 0 Å². The minimum Gasteiger partial charge on any atom is -0.464 e. The molecule has 5 nitrogen and oxygen atoms in total. The predicted octanol–water partition coefficient (Wildman–Crippen LogP) is 2.45. The Kier molecular flexibility index (Phi) is 6.16. The fourth-order valence-corrected chi connectivity index (χ4v) is 2.96. The molecule has 0 bridgehead atoms. The van der Waals surface area contributed by atoms with E-state index in [1.165, 1.54) is 25.0 Å². The third-order valence-corrected chi connectivity index (χ3v) is 4.21. The summed E-state index contributed by atoms with van der Waals surface area (Å²) < 4.78 is 10.4. The van der Waals surface area contributed by atoms with Crippen molar-refractivity contribution in [3.05, 3.63) is 35.4 Å². The topological polar surface area (TPSA) is 55.8 Å². The standard InChI is InChI=1S/C18H25NO4/c1-13-4-6-16(7-5-13)10-19-17(11-22-14(2)20)8-9-18(19)12-23-15(3)21/h4-7,17-18H,8-12H2,1-3H3/t17-,18-/m1/s1. The molecular weight excluding hydrogens is 294 g/mol. The Bertz CT molecular complexity index is 514. The van der Waals surface area contributed by atoms with Crippen LogP contribution in [0.2, 0.25) is 0 Å². The molecule has 0 amide bonds. The maximum Gasteiger partial charge on any atom is 0.302 e. The van der Waals surface area contributed by atoms with Gasteiger partial charge in [0.25, 0.3) is 0 Å². The number of carbonyl (C=O) groups excluding carboxylic acids is 2. The molecule has 2 rings (SSSR count). The van der Waals surface area contributed by atoms with Crippen molar-refractivity contribution in [3.8, 4) is 0 Å². The zero-order valence-electron chi connectivity index (χ0n) is 14.1. The van der Waals surface area contributed by atoms with Crippen LogP contribution in [0.5, 0.6) is 0 Å². The summed E-state index contributed by atoms with van der Waals surface area (Å²) in [7, 11) is 0. The first-order valence-electron chi connectivity index (χ1n) is 8.03. The lowest BCUT2D eigenvalue weighted by atomic mass is 10.1. The van der Waals surface area contributed by atoms with E-state index >= 15 is 0 Å². The van der Waals surface area contributed by atoms with Crippen molar-refractivity contribution in [3.63, 3.8) is 0 Å². The van der Waals surface area contributed by atoms with Gasteiger partial charge in [-0.3, -0.25) is 14.5 Å². The molecule has 1 saturated heterocycles. The van der Waals surface area contributed by atoms with Crippen molar-refractivity contribution in [2.75, 3.05) is 13.2 Å². The number of aryl methyl sites for hydroxylation is 1. The zero-order valence-corrected chi connectivity index (χ0v) is 14.1. The average molecular weight is 319 g/mol. The molecule has 23 heavy (non-hydrogen) atoms. The highest BCUT2D eigenvalue weighted by Gasteiger charge is 2.34. The number of rotatable bonds is 6. The Morgan fingerprint density at radius 1 is 1.00 bits per heavy atom. The molecule has 0 unspecified atom stereocenters. The molecule has 0 aliphatic carbocycles. The summed E-state index contributed by atoms with van der Waals surface area (Å²) in [5.74, 6) is -0.521. The van der Waals surface area contributed by atoms with E-state index < -0.39 is 0 Å². The van der Waals surface area contributed by atoms with Crippen LogP contribution in [0, 0.1) is 6.92 Å². The van der Waals surface area contributed by atoms with Crippen LogP contribution in [-0.2, 0) is 25.6 Å². The molecule has 2 atom stereocenters. The highest BCUT2D eigenvalue weighted by Crippen LogP contribution is 2.27. The fraction of sp³-hybridized carbons (Fsp3) is 0.556. The van der Waals surface area contributed by atoms with Crippen LogP contribution in [0.25, 0.3) is 0 Å². The van der Waals surface area contributed by atoms with Gasteiger partial charge >= 0.3 is 11.9 Å². The molecule has 0 spiro atoms. The number of hydrogen-bond acceptors (Lipinski definition) is 5. The van der Waals surface area contributed by atoms with Gasteiger partial charge in [-0.1, -0.05) is 29.8 Å². The zero-order chi connectivity index (χ0) is 16.8. The van der Waals surface area contributed by atoms with Crippen LogP contribution < -0.4 is 0 Å². The number of hydrogen-bond donors (Lipinski definition) is 0. The van der Waals surface area contributed by atoms with Crippen LogP contribution in [0.15, 0.2) is 24.3 Å². The maximum absolute atomic E-state index is 11.1. The van der Waals surface area contributed by atoms with E-state index in [0.29, 0.717) is 13.2 Å². The lowest BCUT2D eigenvalue weighted by molar-refractivity contribution is -0.143. The Balaban J connectivity index is 2.05. The number of nitrogens with zero attached hydrogens (tertiary/aromatic N) is 1. The van der Waals surface area contributed by atoms with Gasteiger partial charge in [0.1, 0.15) is 13.2 Å². The second-order valence-corrected chi connectivity index (χ2v) is 6.15. The fourth-order valence-electron chi connectivity index (χ4n) is 2.96. The smallest absolute Gasteiger partial charge is 0.302 e. The normalized spacial score (nSPS) is 21.2. The third kappa shape index (κ3) is 5.36. The highest BCUT2D eigenvalue weighted by atomic mass is 16.5. The van der Waals surface area contributed by atoms with E-state index in [1.807, 2.05) is 0 Å². The summed E-state index contributed by atoms with van der Waals surface area (Å²) in [4.78, 5) is 24.5. The predicted molar refractivity (Wildman–Crippen MR) is 86.8 cm³/mol. The number of benzene rings is 1. The number of carbonyl (C=O) groups is 2. The quantitative estimate of drug-likeness (QED) is 0.754. The minimum absolute atomic E-state index is 0.167. The van der Waals surface area contributed by atoms with Crippen LogP contribution >= 0.6 is 0 Å². The van der Waals surface area contributed by atoms with Gasteiger partial charge in [0, 0.05) is 32.5 Å². The minimum atomic E-state index is -0.260. The summed E-state index contributed by atoms with van der Waals surface area (Å²) in [5.41, 5.74) is 2.43. The van der Waals surface area contributed by atoms with Gasteiger partial charge in [0.05, 0.1) is 0 Å². The van der Waals surface area contributed by atoms with Crippen LogP contribution in [0.1, 0.15) is 37.8 Å². The first kappa shape index (κ1) is 17.5. The van der Waals surface area contributed by atoms with Crippen molar-refractivity contribution in [2.45, 2.75) is 52.2 Å². The largest absolute Gasteiger partial charge is 0.464 e. The molecule has 1 fully saturated rings. The molecule has 1 aromatic carbocycles. The molecule has 0 saturated carbocycles. The van der Waals surface area contributed by atoms with E-state index in [1.54, 1.807) is 0 Å². The second-order valence-electron chi connectivity index (χ2n) is 6.15. The van der Waals surface area contributed by atoms with Gasteiger partial charge in [-0.05, 0) is 25.3 Å². The monoisotopic (exact) mass is 319 g/mol. The second kappa shape index (κ2) is 8.11.